The summed E-state index contributed by atoms with van der Waals surface area (Å²) in [4.78, 5) is 12.0. The van der Waals surface area contributed by atoms with Crippen molar-refractivity contribution in [2.45, 2.75) is 46.8 Å². The summed E-state index contributed by atoms with van der Waals surface area (Å²) in [6.07, 6.45) is 0. The molecule has 0 saturated heterocycles. The lowest BCUT2D eigenvalue weighted by molar-refractivity contribution is -0.122. The fourth-order valence-electron chi connectivity index (χ4n) is 2.31. The van der Waals surface area contributed by atoms with Crippen molar-refractivity contribution in [1.82, 2.24) is 24.9 Å². The highest BCUT2D eigenvalue weighted by Crippen LogP contribution is 2.05. The number of nitrogens with one attached hydrogen (secondary N) is 1. The zero-order valence-corrected chi connectivity index (χ0v) is 12.9. The number of amides is 1. The lowest BCUT2D eigenvalue weighted by Crippen LogP contribution is -2.38. The molecule has 114 valence electrons. The van der Waals surface area contributed by atoms with Gasteiger partial charge in [-0.15, -0.1) is 0 Å². The minimum atomic E-state index is -0.112. The molecule has 3 N–H and O–H groups in total. The van der Waals surface area contributed by atoms with Crippen LogP contribution in [0.25, 0.3) is 0 Å². The number of nitrogens with zero attached hydrogens (tertiary/aromatic N) is 4. The summed E-state index contributed by atoms with van der Waals surface area (Å²) in [5, 5.41) is 11.5. The van der Waals surface area contributed by atoms with E-state index in [1.807, 2.05) is 38.4 Å². The Morgan fingerprint density at radius 1 is 1.24 bits per heavy atom. The predicted octanol–water partition coefficient (Wildman–Crippen LogP) is 0.792. The van der Waals surface area contributed by atoms with Gasteiger partial charge in [0, 0.05) is 17.8 Å². The maximum Gasteiger partial charge on any atom is 0.242 e. The molecular formula is C14H22N6O. The number of carbonyl (C=O) groups excluding carboxylic acids is 1. The second kappa shape index (κ2) is 5.99. The first-order valence-electron chi connectivity index (χ1n) is 6.95. The van der Waals surface area contributed by atoms with Gasteiger partial charge in [0.25, 0.3) is 0 Å². The number of aromatic nitrogens is 4. The summed E-state index contributed by atoms with van der Waals surface area (Å²) in [6, 6.07) is 3.74. The van der Waals surface area contributed by atoms with Crippen LogP contribution in [0.5, 0.6) is 0 Å². The highest BCUT2D eigenvalue weighted by molar-refractivity contribution is 5.76. The number of anilines is 1. The largest absolute Gasteiger partial charge is 0.384 e. The standard InChI is InChI=1S/C14H22N6O/c1-9-5-12(4)19(17-9)7-11(3)16-14(21)8-20-13(15)6-10(2)18-20/h5-6,11H,7-8,15H2,1-4H3,(H,16,21). The van der Waals surface area contributed by atoms with Crippen molar-refractivity contribution in [3.63, 3.8) is 0 Å². The molecular weight excluding hydrogens is 268 g/mol. The second-order valence-corrected chi connectivity index (χ2v) is 5.45. The number of rotatable bonds is 5. The Balaban J connectivity index is 1.90. The Hall–Kier alpha value is -2.31. The summed E-state index contributed by atoms with van der Waals surface area (Å²) < 4.78 is 3.40. The van der Waals surface area contributed by atoms with Gasteiger partial charge in [0.15, 0.2) is 0 Å². The van der Waals surface area contributed by atoms with E-state index >= 15 is 0 Å². The van der Waals surface area contributed by atoms with Gasteiger partial charge in [-0.3, -0.25) is 9.48 Å². The third-order valence-electron chi connectivity index (χ3n) is 3.18. The molecule has 0 aliphatic heterocycles. The van der Waals surface area contributed by atoms with Crippen LogP contribution in [0.1, 0.15) is 24.0 Å². The summed E-state index contributed by atoms with van der Waals surface area (Å²) in [6.45, 7) is 8.51. The number of carbonyl (C=O) groups is 1. The Morgan fingerprint density at radius 2 is 1.86 bits per heavy atom. The molecule has 0 aliphatic rings. The summed E-state index contributed by atoms with van der Waals surface area (Å²) in [7, 11) is 0. The average Bonchev–Trinajstić information content (AvgIpc) is 2.81. The van der Waals surface area contributed by atoms with Crippen LogP contribution in [0, 0.1) is 20.8 Å². The fraction of sp³-hybridized carbons (Fsp3) is 0.500. The first kappa shape index (κ1) is 15.1. The maximum absolute atomic E-state index is 12.0. The van der Waals surface area contributed by atoms with Gasteiger partial charge in [-0.05, 0) is 33.8 Å². The molecule has 0 bridgehead atoms. The monoisotopic (exact) mass is 290 g/mol. The summed E-state index contributed by atoms with van der Waals surface area (Å²) >= 11 is 0. The zero-order valence-electron chi connectivity index (χ0n) is 12.9. The van der Waals surface area contributed by atoms with Crippen LogP contribution in [0.2, 0.25) is 0 Å². The molecule has 0 radical (unpaired) electrons. The van der Waals surface area contributed by atoms with Crippen molar-refractivity contribution in [3.8, 4) is 0 Å². The third kappa shape index (κ3) is 3.84. The van der Waals surface area contributed by atoms with Crippen LogP contribution in [0.3, 0.4) is 0 Å². The molecule has 7 nitrogen and oxygen atoms in total. The Labute approximate surface area is 124 Å². The van der Waals surface area contributed by atoms with Gasteiger partial charge in [0.1, 0.15) is 12.4 Å². The van der Waals surface area contributed by atoms with Gasteiger partial charge in [-0.2, -0.15) is 10.2 Å². The van der Waals surface area contributed by atoms with E-state index < -0.39 is 0 Å². The molecule has 2 rings (SSSR count). The molecule has 0 fully saturated rings. The maximum atomic E-state index is 12.0. The molecule has 2 aromatic heterocycles. The highest BCUT2D eigenvalue weighted by atomic mass is 16.2. The first-order chi connectivity index (χ1) is 9.85. The van der Waals surface area contributed by atoms with Crippen LogP contribution >= 0.6 is 0 Å². The van der Waals surface area contributed by atoms with Gasteiger partial charge in [0.2, 0.25) is 5.91 Å². The predicted molar refractivity (Wildman–Crippen MR) is 80.7 cm³/mol. The molecule has 0 spiro atoms. The van der Waals surface area contributed by atoms with E-state index in [-0.39, 0.29) is 18.5 Å². The van der Waals surface area contributed by atoms with Crippen molar-refractivity contribution >= 4 is 11.7 Å². The number of aryl methyl sites for hydroxylation is 3. The van der Waals surface area contributed by atoms with Gasteiger partial charge in [-0.1, -0.05) is 0 Å². The Morgan fingerprint density at radius 3 is 2.38 bits per heavy atom. The van der Waals surface area contributed by atoms with Crippen LogP contribution in [-0.4, -0.2) is 31.5 Å². The number of nitrogens with two attached hydrogens (primary N) is 1. The van der Waals surface area contributed by atoms with E-state index in [2.05, 4.69) is 15.5 Å². The minimum Gasteiger partial charge on any atom is -0.384 e. The van der Waals surface area contributed by atoms with Crippen LogP contribution < -0.4 is 11.1 Å². The summed E-state index contributed by atoms with van der Waals surface area (Å²) in [5.74, 6) is 0.382. The van der Waals surface area contributed by atoms with Crippen molar-refractivity contribution in [1.29, 1.82) is 0 Å². The molecule has 0 aliphatic carbocycles. The van der Waals surface area contributed by atoms with E-state index in [1.165, 1.54) is 4.68 Å². The van der Waals surface area contributed by atoms with E-state index in [0.29, 0.717) is 12.4 Å². The van der Waals surface area contributed by atoms with Crippen molar-refractivity contribution in [2.24, 2.45) is 0 Å². The molecule has 1 atom stereocenters. The van der Waals surface area contributed by atoms with Gasteiger partial charge >= 0.3 is 0 Å². The number of hydrogen-bond donors (Lipinski definition) is 2. The van der Waals surface area contributed by atoms with Crippen LogP contribution in [0.15, 0.2) is 12.1 Å². The van der Waals surface area contributed by atoms with E-state index in [4.69, 9.17) is 5.73 Å². The van der Waals surface area contributed by atoms with Crippen molar-refractivity contribution in [3.05, 3.63) is 29.2 Å². The number of nitrogen functional groups attached to an aromatic ring is 1. The van der Waals surface area contributed by atoms with Crippen LogP contribution in [0.4, 0.5) is 5.82 Å². The normalized spacial score (nSPS) is 12.4. The van der Waals surface area contributed by atoms with Crippen LogP contribution in [-0.2, 0) is 17.9 Å². The Kier molecular flexibility index (Phi) is 4.30. The molecule has 1 unspecified atom stereocenters. The Bertz CT molecular complexity index is 642. The molecule has 2 aromatic rings. The zero-order chi connectivity index (χ0) is 15.6. The molecule has 2 heterocycles. The second-order valence-electron chi connectivity index (χ2n) is 5.45. The highest BCUT2D eigenvalue weighted by Gasteiger charge is 2.12. The van der Waals surface area contributed by atoms with Gasteiger partial charge < -0.3 is 11.1 Å². The van der Waals surface area contributed by atoms with Crippen molar-refractivity contribution < 1.29 is 4.79 Å². The summed E-state index contributed by atoms with van der Waals surface area (Å²) in [5.41, 5.74) is 8.64. The smallest absolute Gasteiger partial charge is 0.242 e. The lowest BCUT2D eigenvalue weighted by atomic mass is 10.3. The third-order valence-corrected chi connectivity index (χ3v) is 3.18. The number of hydrogen-bond acceptors (Lipinski definition) is 4. The quantitative estimate of drug-likeness (QED) is 0.852. The molecule has 21 heavy (non-hydrogen) atoms. The SMILES string of the molecule is Cc1cc(C)n(CC(C)NC(=O)Cn2nc(C)cc2N)n1. The van der Waals surface area contributed by atoms with Gasteiger partial charge in [0.05, 0.1) is 17.9 Å². The van der Waals surface area contributed by atoms with E-state index in [0.717, 1.165) is 17.1 Å². The topological polar surface area (TPSA) is 90.8 Å². The molecule has 0 aromatic carbocycles. The minimum absolute atomic E-state index is 0.0200. The van der Waals surface area contributed by atoms with E-state index in [1.54, 1.807) is 6.07 Å². The molecule has 0 saturated carbocycles. The molecule has 7 heteroatoms. The fourth-order valence-corrected chi connectivity index (χ4v) is 2.31. The molecule has 1 amide bonds. The lowest BCUT2D eigenvalue weighted by Gasteiger charge is -2.15. The first-order valence-corrected chi connectivity index (χ1v) is 6.95. The van der Waals surface area contributed by atoms with E-state index in [9.17, 15) is 4.79 Å². The van der Waals surface area contributed by atoms with Crippen molar-refractivity contribution in [2.75, 3.05) is 5.73 Å². The van der Waals surface area contributed by atoms with Gasteiger partial charge in [-0.25, -0.2) is 4.68 Å². The average molecular weight is 290 g/mol.